The molecule has 3 saturated carbocycles. The molecule has 3 aliphatic rings. The highest BCUT2D eigenvalue weighted by molar-refractivity contribution is 6.43. The number of Topliss-reactive ketones (excluding diaryl/α,β-unsaturated/α-hetero) is 2. The number of rotatable bonds is 0. The molecule has 90 valence electrons. The Morgan fingerprint density at radius 1 is 1.00 bits per heavy atom. The van der Waals surface area contributed by atoms with Gasteiger partial charge >= 0.3 is 0 Å². The van der Waals surface area contributed by atoms with E-state index in [0.717, 1.165) is 12.8 Å². The molecule has 16 heavy (non-hydrogen) atoms. The van der Waals surface area contributed by atoms with E-state index in [1.54, 1.807) is 0 Å². The van der Waals surface area contributed by atoms with Gasteiger partial charge in [0.15, 0.2) is 0 Å². The molecule has 2 unspecified atom stereocenters. The quantitative estimate of drug-likeness (QED) is 0.590. The summed E-state index contributed by atoms with van der Waals surface area (Å²) >= 11 is 0. The summed E-state index contributed by atoms with van der Waals surface area (Å²) in [5.41, 5.74) is -0.448. The molecule has 0 N–H and O–H groups in total. The summed E-state index contributed by atoms with van der Waals surface area (Å²) in [6.45, 7) is 6.04. The highest BCUT2D eigenvalue weighted by Crippen LogP contribution is 2.61. The Kier molecular flexibility index (Phi) is 2.72. The van der Waals surface area contributed by atoms with Crippen molar-refractivity contribution < 1.29 is 9.59 Å². The van der Waals surface area contributed by atoms with Crippen molar-refractivity contribution in [3.63, 3.8) is 0 Å². The van der Waals surface area contributed by atoms with Crippen LogP contribution in [0.1, 0.15) is 59.3 Å². The highest BCUT2D eigenvalue weighted by atomic mass is 16.2. The molecule has 2 bridgehead atoms. The van der Waals surface area contributed by atoms with Crippen LogP contribution < -0.4 is 0 Å². The van der Waals surface area contributed by atoms with Crippen molar-refractivity contribution >= 4 is 11.6 Å². The van der Waals surface area contributed by atoms with Crippen molar-refractivity contribution in [3.8, 4) is 0 Å². The Morgan fingerprint density at radius 2 is 1.50 bits per heavy atom. The zero-order chi connectivity index (χ0) is 12.0. The van der Waals surface area contributed by atoms with Gasteiger partial charge in [0.1, 0.15) is 0 Å². The lowest BCUT2D eigenvalue weighted by Gasteiger charge is -2.31. The van der Waals surface area contributed by atoms with Crippen LogP contribution in [0.2, 0.25) is 0 Å². The molecule has 3 fully saturated rings. The second-order valence-electron chi connectivity index (χ2n) is 6.25. The first-order chi connectivity index (χ1) is 7.41. The average Bonchev–Trinajstić information content (AvgIpc) is 2.39. The maximum atomic E-state index is 11.6. The third-order valence-electron chi connectivity index (χ3n) is 5.27. The van der Waals surface area contributed by atoms with E-state index in [-0.39, 0.29) is 28.3 Å². The number of ketones is 2. The summed E-state index contributed by atoms with van der Waals surface area (Å²) in [4.78, 5) is 23.0. The van der Waals surface area contributed by atoms with Crippen molar-refractivity contribution in [1.29, 1.82) is 0 Å². The van der Waals surface area contributed by atoms with Crippen LogP contribution in [0.15, 0.2) is 0 Å². The fourth-order valence-electron chi connectivity index (χ4n) is 3.05. The van der Waals surface area contributed by atoms with E-state index in [9.17, 15) is 9.59 Å². The first kappa shape index (κ1) is 11.8. The van der Waals surface area contributed by atoms with Crippen LogP contribution in [0.4, 0.5) is 0 Å². The Labute approximate surface area is 97.8 Å². The topological polar surface area (TPSA) is 34.1 Å². The van der Waals surface area contributed by atoms with Crippen LogP contribution in [0.3, 0.4) is 0 Å². The first-order valence-corrected chi connectivity index (χ1v) is 6.50. The number of hydrogen-bond acceptors (Lipinski definition) is 2. The molecule has 0 saturated heterocycles. The minimum Gasteiger partial charge on any atom is -0.291 e. The van der Waals surface area contributed by atoms with Gasteiger partial charge in [-0.15, -0.1) is 0 Å². The van der Waals surface area contributed by atoms with Gasteiger partial charge < -0.3 is 0 Å². The van der Waals surface area contributed by atoms with Crippen LogP contribution in [-0.4, -0.2) is 11.6 Å². The van der Waals surface area contributed by atoms with Crippen LogP contribution in [-0.2, 0) is 9.59 Å². The summed E-state index contributed by atoms with van der Waals surface area (Å²) in [7, 11) is 0. The normalized spacial score (nSPS) is 39.1. The maximum absolute atomic E-state index is 11.6. The third-order valence-corrected chi connectivity index (χ3v) is 5.27. The molecule has 0 spiro atoms. The van der Waals surface area contributed by atoms with Crippen molar-refractivity contribution in [2.75, 3.05) is 0 Å². The van der Waals surface area contributed by atoms with E-state index in [1.165, 1.54) is 25.7 Å². The standard InChI is InChI=1S/C10H14O2.C4H8/c1-9(2)6-4-5-10(9,3)8(12)7(6)11;1-2-4-3-1/h6H,4-5H2,1-3H3;1-4H2. The monoisotopic (exact) mass is 222 g/mol. The van der Waals surface area contributed by atoms with Crippen LogP contribution in [0, 0.1) is 16.7 Å². The molecule has 0 amide bonds. The minimum absolute atomic E-state index is 0.00926. The number of fused-ring (bicyclic) bond motifs is 2. The molecule has 0 heterocycles. The minimum atomic E-state index is -0.352. The molecule has 2 nitrogen and oxygen atoms in total. The van der Waals surface area contributed by atoms with Gasteiger partial charge in [-0.05, 0) is 18.3 Å². The zero-order valence-electron chi connectivity index (χ0n) is 10.6. The summed E-state index contributed by atoms with van der Waals surface area (Å²) in [6, 6.07) is 0. The van der Waals surface area contributed by atoms with Gasteiger partial charge in [0, 0.05) is 11.3 Å². The van der Waals surface area contributed by atoms with Crippen molar-refractivity contribution in [1.82, 2.24) is 0 Å². The average molecular weight is 222 g/mol. The lowest BCUT2D eigenvalue weighted by atomic mass is 9.70. The van der Waals surface area contributed by atoms with Crippen LogP contribution in [0.5, 0.6) is 0 Å². The van der Waals surface area contributed by atoms with Gasteiger partial charge in [-0.1, -0.05) is 46.5 Å². The molecule has 0 aliphatic heterocycles. The van der Waals surface area contributed by atoms with Crippen molar-refractivity contribution in [3.05, 3.63) is 0 Å². The molecule has 0 aromatic heterocycles. The van der Waals surface area contributed by atoms with E-state index in [0.29, 0.717) is 0 Å². The van der Waals surface area contributed by atoms with Gasteiger partial charge in [-0.3, -0.25) is 9.59 Å². The predicted octanol–water partition coefficient (Wildman–Crippen LogP) is 3.14. The fraction of sp³-hybridized carbons (Fsp3) is 0.857. The molecular formula is C14H22O2. The van der Waals surface area contributed by atoms with Gasteiger partial charge in [0.05, 0.1) is 0 Å². The Hall–Kier alpha value is -0.660. The number of carbonyl (C=O) groups excluding carboxylic acids is 2. The largest absolute Gasteiger partial charge is 0.291 e. The lowest BCUT2D eigenvalue weighted by Crippen LogP contribution is -2.33. The summed E-state index contributed by atoms with van der Waals surface area (Å²) in [6.07, 6.45) is 7.81. The Balaban J connectivity index is 0.000000203. The molecule has 3 aliphatic carbocycles. The summed E-state index contributed by atoms with van der Waals surface area (Å²) in [5.74, 6) is -0.229. The van der Waals surface area contributed by atoms with Crippen LogP contribution >= 0.6 is 0 Å². The van der Waals surface area contributed by atoms with Gasteiger partial charge in [0.2, 0.25) is 11.6 Å². The van der Waals surface area contributed by atoms with E-state index >= 15 is 0 Å². The van der Waals surface area contributed by atoms with E-state index < -0.39 is 0 Å². The van der Waals surface area contributed by atoms with Gasteiger partial charge in [0.25, 0.3) is 0 Å². The zero-order valence-corrected chi connectivity index (χ0v) is 10.6. The lowest BCUT2D eigenvalue weighted by molar-refractivity contribution is -0.141. The van der Waals surface area contributed by atoms with Crippen LogP contribution in [0.25, 0.3) is 0 Å². The van der Waals surface area contributed by atoms with E-state index in [4.69, 9.17) is 0 Å². The van der Waals surface area contributed by atoms with Crippen molar-refractivity contribution in [2.24, 2.45) is 16.7 Å². The second kappa shape index (κ2) is 3.68. The third kappa shape index (κ3) is 1.38. The first-order valence-electron chi connectivity index (χ1n) is 6.50. The summed E-state index contributed by atoms with van der Waals surface area (Å²) < 4.78 is 0. The maximum Gasteiger partial charge on any atom is 0.205 e. The van der Waals surface area contributed by atoms with Gasteiger partial charge in [-0.25, -0.2) is 0 Å². The summed E-state index contributed by atoms with van der Waals surface area (Å²) in [5, 5.41) is 0. The van der Waals surface area contributed by atoms with E-state index in [2.05, 4.69) is 0 Å². The fourth-order valence-corrected chi connectivity index (χ4v) is 3.05. The smallest absolute Gasteiger partial charge is 0.205 e. The Bertz CT molecular complexity index is 322. The van der Waals surface area contributed by atoms with Gasteiger partial charge in [-0.2, -0.15) is 0 Å². The molecule has 0 radical (unpaired) electrons. The second-order valence-corrected chi connectivity index (χ2v) is 6.25. The van der Waals surface area contributed by atoms with E-state index in [1.807, 2.05) is 20.8 Å². The SMILES string of the molecule is C1CCC1.CC12CCC(C(=O)C1=O)C2(C)C. The van der Waals surface area contributed by atoms with Crippen molar-refractivity contribution in [2.45, 2.75) is 59.3 Å². The number of carbonyl (C=O) groups is 2. The molecule has 0 aromatic carbocycles. The number of hydrogen-bond donors (Lipinski definition) is 0. The Morgan fingerprint density at radius 3 is 1.69 bits per heavy atom. The molecule has 0 aromatic rings. The molecule has 2 atom stereocenters. The predicted molar refractivity (Wildman–Crippen MR) is 63.1 cm³/mol. The molecule has 2 heteroatoms. The highest BCUT2D eigenvalue weighted by Gasteiger charge is 2.66. The molecular weight excluding hydrogens is 200 g/mol. The molecule has 3 rings (SSSR count).